The third kappa shape index (κ3) is 2.51. The summed E-state index contributed by atoms with van der Waals surface area (Å²) in [4.78, 5) is 4.54. The van der Waals surface area contributed by atoms with Crippen molar-refractivity contribution in [2.45, 2.75) is 25.4 Å². The van der Waals surface area contributed by atoms with Gasteiger partial charge < -0.3 is 10.1 Å². The quantitative estimate of drug-likeness (QED) is 0.935. The lowest BCUT2D eigenvalue weighted by Crippen LogP contribution is -2.10. The van der Waals surface area contributed by atoms with Gasteiger partial charge >= 0.3 is 0 Å². The van der Waals surface area contributed by atoms with E-state index in [0.29, 0.717) is 6.10 Å². The van der Waals surface area contributed by atoms with Gasteiger partial charge in [0.1, 0.15) is 6.10 Å². The molecule has 0 amide bonds. The van der Waals surface area contributed by atoms with Gasteiger partial charge in [0.2, 0.25) is 5.88 Å². The van der Waals surface area contributed by atoms with E-state index in [1.54, 1.807) is 4.68 Å². The van der Waals surface area contributed by atoms with Gasteiger partial charge in [-0.15, -0.1) is 0 Å². The first kappa shape index (κ1) is 12.4. The zero-order chi connectivity index (χ0) is 14.2. The molecular weight excluding hydrogens is 264 g/mol. The van der Waals surface area contributed by atoms with Gasteiger partial charge in [-0.05, 0) is 31.4 Å². The minimum Gasteiger partial charge on any atom is -0.474 e. The lowest BCUT2D eigenvalue weighted by atomic mass is 10.1. The molecule has 0 unspecified atom stereocenters. The number of hydrogen-bond donors (Lipinski definition) is 1. The van der Waals surface area contributed by atoms with Crippen LogP contribution in [0.25, 0.3) is 17.0 Å². The van der Waals surface area contributed by atoms with Crippen molar-refractivity contribution >= 4 is 5.70 Å². The van der Waals surface area contributed by atoms with Gasteiger partial charge in [-0.1, -0.05) is 6.08 Å². The number of rotatable bonds is 4. The van der Waals surface area contributed by atoms with Crippen LogP contribution in [0.15, 0.2) is 30.6 Å². The fraction of sp³-hybridized carbons (Fsp3) is 0.375. The summed E-state index contributed by atoms with van der Waals surface area (Å²) in [6.07, 6.45) is 9.66. The fourth-order valence-corrected chi connectivity index (χ4v) is 2.49. The monoisotopic (exact) mass is 282 g/mol. The van der Waals surface area contributed by atoms with Crippen molar-refractivity contribution < 1.29 is 4.74 Å². The van der Waals surface area contributed by atoms with Gasteiger partial charge in [0.15, 0.2) is 0 Å². The number of aromatic nitrogens is 3. The normalized spacial score (nSPS) is 17.5. The molecule has 1 N–H and O–H groups in total. The number of pyridine rings is 1. The Bertz CT molecular complexity index is 700. The summed E-state index contributed by atoms with van der Waals surface area (Å²) in [5.74, 6) is 0.734. The molecular formula is C16H18N4O. The topological polar surface area (TPSA) is 52.0 Å². The molecule has 0 saturated heterocycles. The van der Waals surface area contributed by atoms with Crippen molar-refractivity contribution in [3.05, 3.63) is 36.2 Å². The van der Waals surface area contributed by atoms with Gasteiger partial charge in [-0.3, -0.25) is 4.68 Å². The minimum absolute atomic E-state index is 0.346. The molecule has 5 nitrogen and oxygen atoms in total. The summed E-state index contributed by atoms with van der Waals surface area (Å²) in [5, 5.41) is 7.85. The number of hydrogen-bond acceptors (Lipinski definition) is 4. The van der Waals surface area contributed by atoms with Crippen LogP contribution >= 0.6 is 0 Å². The fourth-order valence-electron chi connectivity index (χ4n) is 2.49. The maximum Gasteiger partial charge on any atom is 0.223 e. The molecule has 2 aromatic heterocycles. The molecule has 4 rings (SSSR count). The molecule has 108 valence electrons. The second-order valence-corrected chi connectivity index (χ2v) is 5.60. The Labute approximate surface area is 123 Å². The van der Waals surface area contributed by atoms with Crippen molar-refractivity contribution in [1.29, 1.82) is 0 Å². The van der Waals surface area contributed by atoms with E-state index < -0.39 is 0 Å². The van der Waals surface area contributed by atoms with Crippen molar-refractivity contribution in [2.75, 3.05) is 6.54 Å². The van der Waals surface area contributed by atoms with Crippen LogP contribution in [0.4, 0.5) is 0 Å². The number of ether oxygens (including phenoxy) is 1. The third-order valence-corrected chi connectivity index (χ3v) is 3.76. The molecule has 1 fully saturated rings. The zero-order valence-electron chi connectivity index (χ0n) is 12.0. The predicted molar refractivity (Wildman–Crippen MR) is 80.7 cm³/mol. The van der Waals surface area contributed by atoms with E-state index in [9.17, 15) is 0 Å². The average molecular weight is 282 g/mol. The van der Waals surface area contributed by atoms with Crippen molar-refractivity contribution in [3.63, 3.8) is 0 Å². The Kier molecular flexibility index (Phi) is 2.91. The Hall–Kier alpha value is -2.30. The van der Waals surface area contributed by atoms with Gasteiger partial charge in [-0.25, -0.2) is 4.98 Å². The standard InChI is InChI=1S/C16H18N4O/c1-20-8-6-14(19-20)11-9-13(15-3-2-7-17-15)16(18-10-11)21-12-4-5-12/h3,6,8-10,12,17H,2,4-5,7H2,1H3. The first-order valence-electron chi connectivity index (χ1n) is 7.41. The van der Waals surface area contributed by atoms with Gasteiger partial charge in [0.05, 0.1) is 11.3 Å². The molecule has 0 aromatic carbocycles. The first-order valence-corrected chi connectivity index (χ1v) is 7.41. The number of nitrogens with zero attached hydrogens (tertiary/aromatic N) is 3. The van der Waals surface area contributed by atoms with E-state index in [1.165, 1.54) is 0 Å². The number of aryl methyl sites for hydroxylation is 1. The predicted octanol–water partition coefficient (Wildman–Crippen LogP) is 2.36. The molecule has 2 aromatic rings. The Morgan fingerprint density at radius 1 is 1.38 bits per heavy atom. The molecule has 0 bridgehead atoms. The molecule has 1 aliphatic heterocycles. The van der Waals surface area contributed by atoms with E-state index in [-0.39, 0.29) is 0 Å². The average Bonchev–Trinajstić information content (AvgIpc) is 2.98. The van der Waals surface area contributed by atoms with Crippen LogP contribution in [-0.2, 0) is 7.05 Å². The van der Waals surface area contributed by atoms with Gasteiger partial charge in [0, 0.05) is 37.2 Å². The summed E-state index contributed by atoms with van der Waals surface area (Å²) in [7, 11) is 1.92. The molecule has 1 aliphatic carbocycles. The Morgan fingerprint density at radius 2 is 2.29 bits per heavy atom. The van der Waals surface area contributed by atoms with Crippen molar-refractivity contribution in [3.8, 4) is 17.1 Å². The lowest BCUT2D eigenvalue weighted by Gasteiger charge is -2.12. The van der Waals surface area contributed by atoms with Crippen LogP contribution in [0.2, 0.25) is 0 Å². The largest absolute Gasteiger partial charge is 0.474 e. The summed E-state index contributed by atoms with van der Waals surface area (Å²) in [6.45, 7) is 0.978. The first-order chi connectivity index (χ1) is 10.3. The maximum absolute atomic E-state index is 5.95. The van der Waals surface area contributed by atoms with Crippen molar-refractivity contribution in [1.82, 2.24) is 20.1 Å². The maximum atomic E-state index is 5.95. The molecule has 0 radical (unpaired) electrons. The highest BCUT2D eigenvalue weighted by Crippen LogP contribution is 2.33. The molecule has 21 heavy (non-hydrogen) atoms. The minimum atomic E-state index is 0.346. The summed E-state index contributed by atoms with van der Waals surface area (Å²) < 4.78 is 7.75. The Morgan fingerprint density at radius 3 is 2.95 bits per heavy atom. The van der Waals surface area contributed by atoms with Crippen molar-refractivity contribution in [2.24, 2.45) is 7.05 Å². The zero-order valence-corrected chi connectivity index (χ0v) is 12.0. The molecule has 5 heteroatoms. The van der Waals surface area contributed by atoms with E-state index in [0.717, 1.165) is 54.2 Å². The lowest BCUT2D eigenvalue weighted by molar-refractivity contribution is 0.290. The third-order valence-electron chi connectivity index (χ3n) is 3.76. The second-order valence-electron chi connectivity index (χ2n) is 5.60. The highest BCUT2D eigenvalue weighted by Gasteiger charge is 2.26. The SMILES string of the molecule is Cn1ccc(-c2cnc(OC3CC3)c(C3=CCCN3)c2)n1. The van der Waals surface area contributed by atoms with E-state index >= 15 is 0 Å². The molecule has 0 atom stereocenters. The van der Waals surface area contributed by atoms with Gasteiger partial charge in [0.25, 0.3) is 0 Å². The molecule has 1 saturated carbocycles. The highest BCUT2D eigenvalue weighted by molar-refractivity contribution is 5.73. The van der Waals surface area contributed by atoms with Crippen LogP contribution in [0, 0.1) is 0 Å². The summed E-state index contributed by atoms with van der Waals surface area (Å²) >= 11 is 0. The summed E-state index contributed by atoms with van der Waals surface area (Å²) in [5.41, 5.74) is 4.12. The molecule has 0 spiro atoms. The molecule has 2 aliphatic rings. The van der Waals surface area contributed by atoms with Crippen LogP contribution < -0.4 is 10.1 Å². The van der Waals surface area contributed by atoms with Gasteiger partial charge in [-0.2, -0.15) is 5.10 Å². The Balaban J connectivity index is 1.74. The van der Waals surface area contributed by atoms with Crippen LogP contribution in [0.3, 0.4) is 0 Å². The van der Waals surface area contributed by atoms with Crippen LogP contribution in [0.5, 0.6) is 5.88 Å². The highest BCUT2D eigenvalue weighted by atomic mass is 16.5. The van der Waals surface area contributed by atoms with Crippen LogP contribution in [0.1, 0.15) is 24.8 Å². The van der Waals surface area contributed by atoms with E-state index in [4.69, 9.17) is 4.74 Å². The smallest absolute Gasteiger partial charge is 0.223 e. The molecule has 3 heterocycles. The number of nitrogens with one attached hydrogen (secondary N) is 1. The summed E-state index contributed by atoms with van der Waals surface area (Å²) in [6, 6.07) is 4.12. The second kappa shape index (κ2) is 4.91. The van der Waals surface area contributed by atoms with E-state index in [2.05, 4.69) is 27.5 Å². The van der Waals surface area contributed by atoms with E-state index in [1.807, 2.05) is 25.5 Å². The van der Waals surface area contributed by atoms with Crippen LogP contribution in [-0.4, -0.2) is 27.4 Å².